The summed E-state index contributed by atoms with van der Waals surface area (Å²) < 4.78 is 12.8. The van der Waals surface area contributed by atoms with Gasteiger partial charge in [-0.05, 0) is 24.1 Å². The molecule has 0 spiro atoms. The number of alkyl halides is 1. The summed E-state index contributed by atoms with van der Waals surface area (Å²) in [6.45, 7) is 1.90. The van der Waals surface area contributed by atoms with Gasteiger partial charge in [-0.2, -0.15) is 0 Å². The fourth-order valence-corrected chi connectivity index (χ4v) is 2.02. The lowest BCUT2D eigenvalue weighted by Gasteiger charge is -2.04. The van der Waals surface area contributed by atoms with Gasteiger partial charge in [0.2, 0.25) is 0 Å². The Morgan fingerprint density at radius 2 is 2.18 bits per heavy atom. The van der Waals surface area contributed by atoms with Gasteiger partial charge in [-0.25, -0.2) is 4.39 Å². The number of aryl methyl sites for hydroxylation is 1. The summed E-state index contributed by atoms with van der Waals surface area (Å²) in [5.74, 6) is -0.355. The first-order valence-corrected chi connectivity index (χ1v) is 4.66. The summed E-state index contributed by atoms with van der Waals surface area (Å²) in [5.41, 5.74) is 1.83. The van der Waals surface area contributed by atoms with E-state index in [4.69, 9.17) is 11.6 Å². The Kier molecular flexibility index (Phi) is 2.90. The van der Waals surface area contributed by atoms with Gasteiger partial charge in [0, 0.05) is 5.33 Å². The van der Waals surface area contributed by atoms with Crippen molar-refractivity contribution >= 4 is 27.5 Å². The summed E-state index contributed by atoms with van der Waals surface area (Å²) in [4.78, 5) is 0. The first-order valence-electron chi connectivity index (χ1n) is 3.16. The molecular formula is C8H7BrClF. The molecule has 0 fully saturated rings. The largest absolute Gasteiger partial charge is 0.205 e. The molecule has 0 radical (unpaired) electrons. The van der Waals surface area contributed by atoms with Crippen molar-refractivity contribution in [1.82, 2.24) is 0 Å². The normalized spacial score (nSPS) is 10.2. The Morgan fingerprint density at radius 1 is 1.55 bits per heavy atom. The minimum Gasteiger partial charge on any atom is -0.205 e. The summed E-state index contributed by atoms with van der Waals surface area (Å²) in [6, 6.07) is 3.10. The average Bonchev–Trinajstić information content (AvgIpc) is 1.99. The van der Waals surface area contributed by atoms with Crippen LogP contribution in [-0.2, 0) is 5.33 Å². The highest BCUT2D eigenvalue weighted by molar-refractivity contribution is 9.08. The van der Waals surface area contributed by atoms with Crippen LogP contribution in [0.5, 0.6) is 0 Å². The molecule has 0 aliphatic heterocycles. The summed E-state index contributed by atoms with van der Waals surface area (Å²) in [6.07, 6.45) is 0. The van der Waals surface area contributed by atoms with E-state index in [0.717, 1.165) is 11.1 Å². The van der Waals surface area contributed by atoms with Crippen LogP contribution in [0.2, 0.25) is 5.02 Å². The molecule has 0 saturated heterocycles. The first-order chi connectivity index (χ1) is 5.16. The number of rotatable bonds is 1. The lowest BCUT2D eigenvalue weighted by Crippen LogP contribution is -1.89. The van der Waals surface area contributed by atoms with Crippen molar-refractivity contribution in [2.75, 3.05) is 0 Å². The minimum absolute atomic E-state index is 0.224. The van der Waals surface area contributed by atoms with Crippen molar-refractivity contribution < 1.29 is 4.39 Å². The molecule has 0 atom stereocenters. The molecule has 1 rings (SSSR count). The van der Waals surface area contributed by atoms with Crippen molar-refractivity contribution in [2.24, 2.45) is 0 Å². The minimum atomic E-state index is -0.355. The third-order valence-corrected chi connectivity index (χ3v) is 2.53. The summed E-state index contributed by atoms with van der Waals surface area (Å²) in [5, 5.41) is 0.817. The standard InChI is InChI=1S/C8H7BrClF/c1-5-2-3-7(11)8(10)6(5)4-9/h2-3H,4H2,1H3. The van der Waals surface area contributed by atoms with E-state index < -0.39 is 0 Å². The number of hydrogen-bond acceptors (Lipinski definition) is 0. The average molecular weight is 237 g/mol. The Labute approximate surface area is 78.5 Å². The first kappa shape index (κ1) is 9.01. The Bertz CT molecular complexity index is 273. The van der Waals surface area contributed by atoms with E-state index in [0.29, 0.717) is 5.33 Å². The zero-order valence-electron chi connectivity index (χ0n) is 6.00. The van der Waals surface area contributed by atoms with Crippen LogP contribution in [0.3, 0.4) is 0 Å². The molecule has 0 amide bonds. The molecular weight excluding hydrogens is 230 g/mol. The van der Waals surface area contributed by atoms with E-state index in [9.17, 15) is 4.39 Å². The SMILES string of the molecule is Cc1ccc(F)c(Cl)c1CBr. The zero-order valence-corrected chi connectivity index (χ0v) is 8.34. The van der Waals surface area contributed by atoms with Gasteiger partial charge in [-0.1, -0.05) is 33.6 Å². The second-order valence-corrected chi connectivity index (χ2v) is 3.23. The molecule has 0 unspecified atom stereocenters. The third kappa shape index (κ3) is 1.74. The second kappa shape index (κ2) is 3.55. The number of benzene rings is 1. The predicted molar refractivity (Wildman–Crippen MR) is 48.8 cm³/mol. The van der Waals surface area contributed by atoms with Gasteiger partial charge in [-0.15, -0.1) is 0 Å². The fraction of sp³-hybridized carbons (Fsp3) is 0.250. The lowest BCUT2D eigenvalue weighted by atomic mass is 10.1. The smallest absolute Gasteiger partial charge is 0.142 e. The van der Waals surface area contributed by atoms with Crippen LogP contribution in [0.4, 0.5) is 4.39 Å². The maximum absolute atomic E-state index is 12.8. The molecule has 0 N–H and O–H groups in total. The Balaban J connectivity index is 3.29. The van der Waals surface area contributed by atoms with Crippen LogP contribution in [0.25, 0.3) is 0 Å². The van der Waals surface area contributed by atoms with Gasteiger partial charge >= 0.3 is 0 Å². The fourth-order valence-electron chi connectivity index (χ4n) is 0.853. The predicted octanol–water partition coefficient (Wildman–Crippen LogP) is 3.68. The molecule has 3 heteroatoms. The van der Waals surface area contributed by atoms with Crippen LogP contribution in [0, 0.1) is 12.7 Å². The monoisotopic (exact) mass is 236 g/mol. The molecule has 0 saturated carbocycles. The van der Waals surface area contributed by atoms with E-state index in [-0.39, 0.29) is 10.8 Å². The molecule has 0 aliphatic rings. The van der Waals surface area contributed by atoms with Gasteiger partial charge in [0.15, 0.2) is 0 Å². The topological polar surface area (TPSA) is 0 Å². The number of halogens is 3. The zero-order chi connectivity index (χ0) is 8.43. The molecule has 11 heavy (non-hydrogen) atoms. The van der Waals surface area contributed by atoms with Crippen LogP contribution in [0.1, 0.15) is 11.1 Å². The van der Waals surface area contributed by atoms with Crippen molar-refractivity contribution in [3.8, 4) is 0 Å². The van der Waals surface area contributed by atoms with E-state index in [2.05, 4.69) is 15.9 Å². The molecule has 1 aromatic rings. The van der Waals surface area contributed by atoms with E-state index in [1.54, 1.807) is 6.07 Å². The van der Waals surface area contributed by atoms with Crippen LogP contribution in [-0.4, -0.2) is 0 Å². The van der Waals surface area contributed by atoms with Crippen LogP contribution < -0.4 is 0 Å². The van der Waals surface area contributed by atoms with Crippen molar-refractivity contribution in [2.45, 2.75) is 12.3 Å². The third-order valence-electron chi connectivity index (χ3n) is 1.56. The summed E-state index contributed by atoms with van der Waals surface area (Å²) >= 11 is 8.94. The highest BCUT2D eigenvalue weighted by Gasteiger charge is 2.06. The second-order valence-electron chi connectivity index (χ2n) is 2.29. The maximum atomic E-state index is 12.8. The van der Waals surface area contributed by atoms with Crippen LogP contribution in [0.15, 0.2) is 12.1 Å². The van der Waals surface area contributed by atoms with Crippen molar-refractivity contribution in [1.29, 1.82) is 0 Å². The van der Waals surface area contributed by atoms with Gasteiger partial charge in [0.05, 0.1) is 5.02 Å². The highest BCUT2D eigenvalue weighted by atomic mass is 79.9. The van der Waals surface area contributed by atoms with Gasteiger partial charge in [-0.3, -0.25) is 0 Å². The van der Waals surface area contributed by atoms with Gasteiger partial charge < -0.3 is 0 Å². The van der Waals surface area contributed by atoms with Crippen molar-refractivity contribution in [3.05, 3.63) is 34.1 Å². The maximum Gasteiger partial charge on any atom is 0.142 e. The molecule has 0 aromatic heterocycles. The van der Waals surface area contributed by atoms with Gasteiger partial charge in [0.1, 0.15) is 5.82 Å². The molecule has 0 aliphatic carbocycles. The molecule has 0 heterocycles. The van der Waals surface area contributed by atoms with E-state index >= 15 is 0 Å². The molecule has 0 nitrogen and oxygen atoms in total. The van der Waals surface area contributed by atoms with Crippen molar-refractivity contribution in [3.63, 3.8) is 0 Å². The Hall–Kier alpha value is -0.0800. The summed E-state index contributed by atoms with van der Waals surface area (Å²) in [7, 11) is 0. The van der Waals surface area contributed by atoms with E-state index in [1.807, 2.05) is 6.92 Å². The lowest BCUT2D eigenvalue weighted by molar-refractivity contribution is 0.626. The van der Waals surface area contributed by atoms with Gasteiger partial charge in [0.25, 0.3) is 0 Å². The quantitative estimate of drug-likeness (QED) is 0.654. The van der Waals surface area contributed by atoms with E-state index in [1.165, 1.54) is 6.07 Å². The van der Waals surface area contributed by atoms with Crippen LogP contribution >= 0.6 is 27.5 Å². The molecule has 0 bridgehead atoms. The highest BCUT2D eigenvalue weighted by Crippen LogP contribution is 2.24. The molecule has 1 aromatic carbocycles. The molecule has 60 valence electrons. The Morgan fingerprint density at radius 3 is 2.64 bits per heavy atom. The number of hydrogen-bond donors (Lipinski definition) is 0.